The van der Waals surface area contributed by atoms with E-state index in [0.717, 1.165) is 16.9 Å². The molecule has 0 amide bonds. The van der Waals surface area contributed by atoms with Crippen molar-refractivity contribution in [2.45, 2.75) is 13.0 Å². The molecule has 0 spiro atoms. The summed E-state index contributed by atoms with van der Waals surface area (Å²) < 4.78 is 0.946. The molecule has 1 atom stereocenters. The van der Waals surface area contributed by atoms with Crippen molar-refractivity contribution < 1.29 is 5.11 Å². The van der Waals surface area contributed by atoms with Crippen molar-refractivity contribution in [2.75, 3.05) is 17.2 Å². The molecule has 0 saturated carbocycles. The summed E-state index contributed by atoms with van der Waals surface area (Å²) in [6, 6.07) is 4.37. The number of nitrogen functional groups attached to an aromatic ring is 1. The molecular weight excluding hydrogens is 210 g/mol. The molecule has 3 rings (SSSR count). The maximum absolute atomic E-state index is 9.79. The van der Waals surface area contributed by atoms with Crippen LogP contribution >= 0.6 is 11.3 Å². The first-order chi connectivity index (χ1) is 7.15. The lowest BCUT2D eigenvalue weighted by atomic mass is 10.2. The fourth-order valence-electron chi connectivity index (χ4n) is 1.78. The maximum Gasteiger partial charge on any atom is 0.181 e. The number of nitrogens with zero attached hydrogens (tertiary/aromatic N) is 2. The Morgan fingerprint density at radius 1 is 1.60 bits per heavy atom. The first kappa shape index (κ1) is 8.79. The van der Waals surface area contributed by atoms with Crippen LogP contribution in [0.5, 0.6) is 5.75 Å². The van der Waals surface area contributed by atoms with Gasteiger partial charge in [0, 0.05) is 24.3 Å². The Kier molecular flexibility index (Phi) is 1.62. The van der Waals surface area contributed by atoms with E-state index in [2.05, 4.69) is 16.8 Å². The van der Waals surface area contributed by atoms with E-state index in [9.17, 15) is 5.11 Å². The molecule has 0 radical (unpaired) electrons. The number of thiazole rings is 1. The van der Waals surface area contributed by atoms with Gasteiger partial charge in [0.2, 0.25) is 0 Å². The number of fused-ring (bicyclic) bond motifs is 1. The fourth-order valence-corrected chi connectivity index (χ4v) is 2.57. The van der Waals surface area contributed by atoms with Crippen LogP contribution in [0.3, 0.4) is 0 Å². The molecule has 1 aromatic carbocycles. The summed E-state index contributed by atoms with van der Waals surface area (Å²) >= 11 is 1.41. The van der Waals surface area contributed by atoms with Gasteiger partial charge < -0.3 is 15.7 Å². The lowest BCUT2D eigenvalue weighted by Crippen LogP contribution is -1.94. The molecule has 0 aliphatic carbocycles. The second kappa shape index (κ2) is 2.76. The van der Waals surface area contributed by atoms with Crippen LogP contribution < -0.4 is 10.6 Å². The van der Waals surface area contributed by atoms with Crippen molar-refractivity contribution in [3.05, 3.63) is 12.1 Å². The zero-order valence-electron chi connectivity index (χ0n) is 8.27. The van der Waals surface area contributed by atoms with Gasteiger partial charge in [-0.3, -0.25) is 0 Å². The third kappa shape index (κ3) is 1.31. The number of rotatable bonds is 1. The molecule has 1 fully saturated rings. The van der Waals surface area contributed by atoms with Crippen molar-refractivity contribution in [3.8, 4) is 5.75 Å². The Hall–Kier alpha value is -1.49. The normalized spacial score (nSPS) is 19.8. The van der Waals surface area contributed by atoms with Gasteiger partial charge in [0.05, 0.1) is 4.70 Å². The van der Waals surface area contributed by atoms with Crippen molar-refractivity contribution in [2.24, 2.45) is 0 Å². The van der Waals surface area contributed by atoms with Gasteiger partial charge in [-0.2, -0.15) is 0 Å². The van der Waals surface area contributed by atoms with Crippen molar-refractivity contribution in [1.82, 2.24) is 4.98 Å². The summed E-state index contributed by atoms with van der Waals surface area (Å²) in [6.07, 6.45) is 0. The van der Waals surface area contributed by atoms with Crippen LogP contribution in [0.4, 0.5) is 10.8 Å². The molecule has 1 aliphatic heterocycles. The number of benzene rings is 1. The smallest absolute Gasteiger partial charge is 0.181 e. The SMILES string of the molecule is CC1CN1c1cc(O)c2nc(N)sc2c1. The molecule has 4 nitrogen and oxygen atoms in total. The van der Waals surface area contributed by atoms with E-state index in [1.165, 1.54) is 11.3 Å². The molecule has 3 N–H and O–H groups in total. The Balaban J connectivity index is 2.18. The molecule has 15 heavy (non-hydrogen) atoms. The first-order valence-corrected chi connectivity index (χ1v) is 5.62. The van der Waals surface area contributed by atoms with Gasteiger partial charge in [-0.05, 0) is 13.0 Å². The highest BCUT2D eigenvalue weighted by Crippen LogP contribution is 2.38. The highest BCUT2D eigenvalue weighted by molar-refractivity contribution is 7.22. The Morgan fingerprint density at radius 2 is 2.33 bits per heavy atom. The zero-order chi connectivity index (χ0) is 10.6. The van der Waals surface area contributed by atoms with E-state index < -0.39 is 0 Å². The number of nitrogens with two attached hydrogens (primary N) is 1. The molecule has 1 unspecified atom stereocenters. The third-order valence-corrected chi connectivity index (χ3v) is 3.50. The summed E-state index contributed by atoms with van der Waals surface area (Å²) in [7, 11) is 0. The van der Waals surface area contributed by atoms with E-state index in [1.54, 1.807) is 6.07 Å². The minimum atomic E-state index is 0.217. The highest BCUT2D eigenvalue weighted by atomic mass is 32.1. The van der Waals surface area contributed by atoms with Gasteiger partial charge in [-0.15, -0.1) is 0 Å². The number of phenols is 1. The van der Waals surface area contributed by atoms with E-state index in [0.29, 0.717) is 16.7 Å². The number of anilines is 2. The molecule has 2 aromatic rings. The van der Waals surface area contributed by atoms with E-state index in [4.69, 9.17) is 5.73 Å². The topological polar surface area (TPSA) is 62.2 Å². The lowest BCUT2D eigenvalue weighted by Gasteiger charge is -2.04. The van der Waals surface area contributed by atoms with Crippen LogP contribution in [0, 0.1) is 0 Å². The van der Waals surface area contributed by atoms with Crippen molar-refractivity contribution in [1.29, 1.82) is 0 Å². The largest absolute Gasteiger partial charge is 0.506 e. The lowest BCUT2D eigenvalue weighted by molar-refractivity contribution is 0.481. The van der Waals surface area contributed by atoms with Crippen LogP contribution in [0.15, 0.2) is 12.1 Å². The zero-order valence-corrected chi connectivity index (χ0v) is 9.08. The predicted octanol–water partition coefficient (Wildman–Crippen LogP) is 1.79. The summed E-state index contributed by atoms with van der Waals surface area (Å²) in [5.74, 6) is 0.217. The molecule has 78 valence electrons. The summed E-state index contributed by atoms with van der Waals surface area (Å²) in [5.41, 5.74) is 7.27. The molecular formula is C10H11N3OS. The van der Waals surface area contributed by atoms with E-state index in [-0.39, 0.29) is 5.75 Å². The minimum absolute atomic E-state index is 0.217. The Bertz CT molecular complexity index is 537. The predicted molar refractivity (Wildman–Crippen MR) is 62.5 cm³/mol. The quantitative estimate of drug-likeness (QED) is 0.721. The van der Waals surface area contributed by atoms with Crippen molar-refractivity contribution in [3.63, 3.8) is 0 Å². The number of aromatic hydroxyl groups is 1. The Morgan fingerprint density at radius 3 is 3.00 bits per heavy atom. The number of hydrogen-bond acceptors (Lipinski definition) is 5. The van der Waals surface area contributed by atoms with Gasteiger partial charge in [-0.25, -0.2) is 4.98 Å². The van der Waals surface area contributed by atoms with Crippen LogP contribution in [0.25, 0.3) is 10.2 Å². The molecule has 1 saturated heterocycles. The highest BCUT2D eigenvalue weighted by Gasteiger charge is 2.30. The monoisotopic (exact) mass is 221 g/mol. The summed E-state index contributed by atoms with van der Waals surface area (Å²) in [6.45, 7) is 3.21. The summed E-state index contributed by atoms with van der Waals surface area (Å²) in [5, 5.41) is 10.3. The molecule has 1 aromatic heterocycles. The van der Waals surface area contributed by atoms with Crippen LogP contribution in [0.1, 0.15) is 6.92 Å². The fraction of sp³-hybridized carbons (Fsp3) is 0.300. The first-order valence-electron chi connectivity index (χ1n) is 4.81. The van der Waals surface area contributed by atoms with Gasteiger partial charge >= 0.3 is 0 Å². The molecule has 1 aliphatic rings. The van der Waals surface area contributed by atoms with Gasteiger partial charge in [0.15, 0.2) is 5.13 Å². The second-order valence-electron chi connectivity index (χ2n) is 3.87. The molecule has 2 heterocycles. The minimum Gasteiger partial charge on any atom is -0.506 e. The average molecular weight is 221 g/mol. The van der Waals surface area contributed by atoms with Gasteiger partial charge in [-0.1, -0.05) is 11.3 Å². The van der Waals surface area contributed by atoms with E-state index >= 15 is 0 Å². The van der Waals surface area contributed by atoms with E-state index in [1.807, 2.05) is 6.07 Å². The second-order valence-corrected chi connectivity index (χ2v) is 4.93. The van der Waals surface area contributed by atoms with Crippen LogP contribution in [-0.4, -0.2) is 22.7 Å². The van der Waals surface area contributed by atoms with Crippen molar-refractivity contribution >= 4 is 32.4 Å². The molecule has 0 bridgehead atoms. The van der Waals surface area contributed by atoms with Gasteiger partial charge in [0.1, 0.15) is 11.3 Å². The number of aromatic nitrogens is 1. The number of phenolic OH excluding ortho intramolecular Hbond substituents is 1. The van der Waals surface area contributed by atoms with Crippen LogP contribution in [0.2, 0.25) is 0 Å². The Labute approximate surface area is 91.0 Å². The summed E-state index contributed by atoms with van der Waals surface area (Å²) in [4.78, 5) is 6.30. The number of hydrogen-bond donors (Lipinski definition) is 2. The molecule has 5 heteroatoms. The van der Waals surface area contributed by atoms with Gasteiger partial charge in [0.25, 0.3) is 0 Å². The van der Waals surface area contributed by atoms with Crippen LogP contribution in [-0.2, 0) is 0 Å². The maximum atomic E-state index is 9.79. The standard InChI is InChI=1S/C10H11N3OS/c1-5-4-13(5)6-2-7(14)9-8(3-6)15-10(11)12-9/h2-3,5,14H,4H2,1H3,(H2,11,12). The third-order valence-electron chi connectivity index (χ3n) is 2.67. The average Bonchev–Trinajstić information content (AvgIpc) is 2.76.